The van der Waals surface area contributed by atoms with Crippen LogP contribution >= 0.6 is 35.3 Å². The number of amides is 1. The van der Waals surface area contributed by atoms with Gasteiger partial charge in [0.05, 0.1) is 13.2 Å². The molecule has 0 aliphatic heterocycles. The van der Waals surface area contributed by atoms with Gasteiger partial charge in [-0.15, -0.1) is 23.7 Å². The molecule has 1 aromatic heterocycles. The van der Waals surface area contributed by atoms with E-state index in [9.17, 15) is 4.79 Å². The number of halogens is 2. The third-order valence-electron chi connectivity index (χ3n) is 3.54. The first-order valence-corrected chi connectivity index (χ1v) is 8.99. The molecule has 1 unspecified atom stereocenters. The number of nitrogens with two attached hydrogens (primary N) is 1. The van der Waals surface area contributed by atoms with Gasteiger partial charge in [0.15, 0.2) is 0 Å². The number of hydrogen-bond donors (Lipinski definition) is 2. The van der Waals surface area contributed by atoms with Crippen molar-refractivity contribution in [2.75, 3.05) is 7.11 Å². The molecule has 2 aromatic rings. The Bertz CT molecular complexity index is 707. The van der Waals surface area contributed by atoms with Crippen LogP contribution in [-0.4, -0.2) is 18.0 Å². The maximum atomic E-state index is 12.5. The molecule has 1 atom stereocenters. The van der Waals surface area contributed by atoms with E-state index in [1.165, 1.54) is 11.3 Å². The quantitative estimate of drug-likeness (QED) is 0.725. The third-order valence-corrected chi connectivity index (χ3v) is 4.64. The highest BCUT2D eigenvalue weighted by Gasteiger charge is 2.22. The summed E-state index contributed by atoms with van der Waals surface area (Å²) in [5.41, 5.74) is 6.81. The Morgan fingerprint density at radius 1 is 1.44 bits per heavy atom. The molecule has 2 rings (SSSR count). The Kier molecular flexibility index (Phi) is 8.65. The highest BCUT2D eigenvalue weighted by molar-refractivity contribution is 7.09. The zero-order valence-corrected chi connectivity index (χ0v) is 16.8. The molecule has 5 nitrogen and oxygen atoms in total. The summed E-state index contributed by atoms with van der Waals surface area (Å²) in [5, 5.41) is 6.11. The van der Waals surface area contributed by atoms with Crippen LogP contribution in [0, 0.1) is 5.92 Å². The summed E-state index contributed by atoms with van der Waals surface area (Å²) in [6, 6.07) is 5.20. The van der Waals surface area contributed by atoms with Gasteiger partial charge in [-0.05, 0) is 30.5 Å². The Morgan fingerprint density at radius 3 is 2.72 bits per heavy atom. The number of hydrogen-bond acceptors (Lipinski definition) is 5. The molecule has 0 fully saturated rings. The minimum atomic E-state index is -0.223. The van der Waals surface area contributed by atoms with Crippen LogP contribution in [0.5, 0.6) is 5.75 Å². The molecule has 138 valence electrons. The predicted octanol–water partition coefficient (Wildman–Crippen LogP) is 4.20. The average Bonchev–Trinajstić information content (AvgIpc) is 3.03. The first-order chi connectivity index (χ1) is 11.4. The van der Waals surface area contributed by atoms with Crippen LogP contribution < -0.4 is 15.8 Å². The molecule has 0 radical (unpaired) electrons. The van der Waals surface area contributed by atoms with Gasteiger partial charge in [0.25, 0.3) is 5.91 Å². The summed E-state index contributed by atoms with van der Waals surface area (Å²) in [5.74, 6) is 0.860. The van der Waals surface area contributed by atoms with Crippen molar-refractivity contribution in [2.24, 2.45) is 11.7 Å². The number of nitrogens with one attached hydrogen (secondary N) is 1. The van der Waals surface area contributed by atoms with E-state index in [1.807, 2.05) is 12.1 Å². The lowest BCUT2D eigenvalue weighted by molar-refractivity contribution is 0.0927. The SMILES string of the molecule is COc1ccc(Cl)cc1C(CC(C)C)NC(=O)c1csc(CN)n1.Cl. The van der Waals surface area contributed by atoms with Crippen LogP contribution in [0.3, 0.4) is 0 Å². The molecule has 3 N–H and O–H groups in total. The molecule has 0 aliphatic rings. The van der Waals surface area contributed by atoms with E-state index in [2.05, 4.69) is 24.1 Å². The van der Waals surface area contributed by atoms with Crippen molar-refractivity contribution in [1.82, 2.24) is 10.3 Å². The summed E-state index contributed by atoms with van der Waals surface area (Å²) in [6.07, 6.45) is 0.760. The van der Waals surface area contributed by atoms with Gasteiger partial charge in [-0.1, -0.05) is 25.4 Å². The fourth-order valence-electron chi connectivity index (χ4n) is 2.45. The van der Waals surface area contributed by atoms with E-state index >= 15 is 0 Å². The highest BCUT2D eigenvalue weighted by atomic mass is 35.5. The molecular formula is C17H23Cl2N3O2S. The number of thiazole rings is 1. The number of carbonyl (C=O) groups excluding carboxylic acids is 1. The van der Waals surface area contributed by atoms with Gasteiger partial charge < -0.3 is 15.8 Å². The summed E-state index contributed by atoms with van der Waals surface area (Å²) >= 11 is 7.52. The summed E-state index contributed by atoms with van der Waals surface area (Å²) in [4.78, 5) is 16.8. The highest BCUT2D eigenvalue weighted by Crippen LogP contribution is 2.32. The van der Waals surface area contributed by atoms with E-state index in [0.717, 1.165) is 17.0 Å². The van der Waals surface area contributed by atoms with Gasteiger partial charge in [0, 0.05) is 22.5 Å². The number of nitrogens with zero attached hydrogens (tertiary/aromatic N) is 1. The molecule has 0 spiro atoms. The number of aromatic nitrogens is 1. The monoisotopic (exact) mass is 403 g/mol. The fourth-order valence-corrected chi connectivity index (χ4v) is 3.29. The van der Waals surface area contributed by atoms with E-state index in [-0.39, 0.29) is 24.4 Å². The molecule has 0 bridgehead atoms. The predicted molar refractivity (Wildman–Crippen MR) is 105 cm³/mol. The number of rotatable bonds is 7. The topological polar surface area (TPSA) is 77.2 Å². The zero-order chi connectivity index (χ0) is 17.7. The fraction of sp³-hybridized carbons (Fsp3) is 0.412. The van der Waals surface area contributed by atoms with Crippen LogP contribution in [0.2, 0.25) is 5.02 Å². The van der Waals surface area contributed by atoms with Crippen molar-refractivity contribution < 1.29 is 9.53 Å². The van der Waals surface area contributed by atoms with E-state index < -0.39 is 0 Å². The first-order valence-electron chi connectivity index (χ1n) is 7.73. The largest absolute Gasteiger partial charge is 0.496 e. The van der Waals surface area contributed by atoms with Crippen molar-refractivity contribution in [3.8, 4) is 5.75 Å². The van der Waals surface area contributed by atoms with Crippen molar-refractivity contribution in [1.29, 1.82) is 0 Å². The standard InChI is InChI=1S/C17H22ClN3O2S.ClH/c1-10(2)6-13(12-7-11(18)4-5-15(12)23-3)21-17(22)14-9-24-16(8-19)20-14;/h4-5,7,9-10,13H,6,8,19H2,1-3H3,(H,21,22);1H. The summed E-state index contributed by atoms with van der Waals surface area (Å²) < 4.78 is 5.43. The summed E-state index contributed by atoms with van der Waals surface area (Å²) in [7, 11) is 1.61. The lowest BCUT2D eigenvalue weighted by Gasteiger charge is -2.23. The van der Waals surface area contributed by atoms with Crippen LogP contribution in [-0.2, 0) is 6.54 Å². The molecule has 1 amide bonds. The van der Waals surface area contributed by atoms with E-state index in [0.29, 0.717) is 28.9 Å². The van der Waals surface area contributed by atoms with E-state index in [1.54, 1.807) is 18.6 Å². The van der Waals surface area contributed by atoms with Gasteiger partial charge in [-0.2, -0.15) is 0 Å². The Labute approximate surface area is 163 Å². The van der Waals surface area contributed by atoms with E-state index in [4.69, 9.17) is 22.1 Å². The van der Waals surface area contributed by atoms with Crippen molar-refractivity contribution >= 4 is 41.3 Å². The number of ether oxygens (including phenoxy) is 1. The molecule has 8 heteroatoms. The normalized spacial score (nSPS) is 11.8. The third kappa shape index (κ3) is 5.85. The van der Waals surface area contributed by atoms with Gasteiger partial charge in [0.2, 0.25) is 0 Å². The molecule has 0 saturated heterocycles. The molecular weight excluding hydrogens is 381 g/mol. The second-order valence-electron chi connectivity index (χ2n) is 5.87. The van der Waals surface area contributed by atoms with Gasteiger partial charge in [-0.25, -0.2) is 4.98 Å². The number of benzene rings is 1. The van der Waals surface area contributed by atoms with Crippen LogP contribution in [0.15, 0.2) is 23.6 Å². The molecule has 25 heavy (non-hydrogen) atoms. The Balaban J connectivity index is 0.00000312. The Morgan fingerprint density at radius 2 is 2.16 bits per heavy atom. The van der Waals surface area contributed by atoms with Gasteiger partial charge in [0.1, 0.15) is 16.5 Å². The maximum absolute atomic E-state index is 12.5. The number of carbonyl (C=O) groups is 1. The minimum Gasteiger partial charge on any atom is -0.496 e. The second-order valence-corrected chi connectivity index (χ2v) is 7.25. The van der Waals surface area contributed by atoms with Crippen molar-refractivity contribution in [3.63, 3.8) is 0 Å². The smallest absolute Gasteiger partial charge is 0.271 e. The first kappa shape index (κ1) is 21.7. The zero-order valence-electron chi connectivity index (χ0n) is 14.4. The van der Waals surface area contributed by atoms with Crippen LogP contribution in [0.4, 0.5) is 0 Å². The molecule has 0 saturated carbocycles. The van der Waals surface area contributed by atoms with Crippen molar-refractivity contribution in [2.45, 2.75) is 32.9 Å². The lowest BCUT2D eigenvalue weighted by atomic mass is 9.96. The summed E-state index contributed by atoms with van der Waals surface area (Å²) in [6.45, 7) is 4.53. The molecule has 1 heterocycles. The maximum Gasteiger partial charge on any atom is 0.271 e. The lowest BCUT2D eigenvalue weighted by Crippen LogP contribution is -2.30. The Hall–Kier alpha value is -1.34. The second kappa shape index (κ2) is 9.97. The van der Waals surface area contributed by atoms with Crippen LogP contribution in [0.1, 0.15) is 47.4 Å². The number of methoxy groups -OCH3 is 1. The average molecular weight is 404 g/mol. The van der Waals surface area contributed by atoms with Gasteiger partial charge >= 0.3 is 0 Å². The van der Waals surface area contributed by atoms with Crippen LogP contribution in [0.25, 0.3) is 0 Å². The van der Waals surface area contributed by atoms with Crippen molar-refractivity contribution in [3.05, 3.63) is 44.9 Å². The molecule has 1 aromatic carbocycles. The van der Waals surface area contributed by atoms with Gasteiger partial charge in [-0.3, -0.25) is 4.79 Å². The molecule has 0 aliphatic carbocycles. The minimum absolute atomic E-state index is 0.